The van der Waals surface area contributed by atoms with E-state index in [-0.39, 0.29) is 16.2 Å². The van der Waals surface area contributed by atoms with Gasteiger partial charge >= 0.3 is 7.67 Å². The topological polar surface area (TPSA) is 32.8 Å². The first-order chi connectivity index (χ1) is 11.0. The predicted octanol–water partition coefficient (Wildman–Crippen LogP) is 4.91. The highest BCUT2D eigenvalue weighted by atomic mass is 31.2. The van der Waals surface area contributed by atoms with Crippen LogP contribution in [0.4, 0.5) is 0 Å². The summed E-state index contributed by atoms with van der Waals surface area (Å²) in [6, 6.07) is 0. The Morgan fingerprint density at radius 1 is 1.17 bits per heavy atom. The van der Waals surface area contributed by atoms with Crippen molar-refractivity contribution in [2.24, 2.45) is 22.2 Å². The molecular weight excluding hydrogens is 319 g/mol. The molecule has 0 bridgehead atoms. The fourth-order valence-corrected chi connectivity index (χ4v) is 7.71. The lowest BCUT2D eigenvalue weighted by atomic mass is 9.56. The molecule has 0 heterocycles. The molecule has 24 heavy (non-hydrogen) atoms. The molecule has 3 aliphatic rings. The molecule has 0 radical (unpaired) electrons. The minimum Gasteiger partial charge on any atom is -0.426 e. The lowest BCUT2D eigenvalue weighted by Crippen LogP contribution is -2.42. The minimum atomic E-state index is -3.05. The Morgan fingerprint density at radius 3 is 2.25 bits per heavy atom. The summed E-state index contributed by atoms with van der Waals surface area (Å²) < 4.78 is 23.4. The normalized spacial score (nSPS) is 37.5. The first-order valence-corrected chi connectivity index (χ1v) is 10.6. The Morgan fingerprint density at radius 2 is 1.75 bits per heavy atom. The van der Waals surface area contributed by atoms with Gasteiger partial charge in [-0.15, -0.1) is 0 Å². The van der Waals surface area contributed by atoms with Crippen LogP contribution in [-0.2, 0) is 9.09 Å². The smallest absolute Gasteiger partial charge is 0.394 e. The molecule has 5 heteroatoms. The third kappa shape index (κ3) is 1.80. The van der Waals surface area contributed by atoms with E-state index in [1.54, 1.807) is 9.34 Å². The van der Waals surface area contributed by atoms with Crippen LogP contribution in [0.25, 0.3) is 0 Å². The van der Waals surface area contributed by atoms with Gasteiger partial charge in [0.2, 0.25) is 0 Å². The van der Waals surface area contributed by atoms with Gasteiger partial charge in [-0.05, 0) is 59.4 Å². The molecule has 0 aromatic carbocycles. The number of allylic oxidation sites excluding steroid dienone is 4. The molecule has 4 nitrogen and oxygen atoms in total. The van der Waals surface area contributed by atoms with Crippen LogP contribution in [0.5, 0.6) is 0 Å². The van der Waals surface area contributed by atoms with Gasteiger partial charge in [0.25, 0.3) is 0 Å². The molecule has 0 amide bonds. The highest BCUT2D eigenvalue weighted by molar-refractivity contribution is 7.53. The minimum absolute atomic E-state index is 0.113. The number of nitrogens with zero attached hydrogens (tertiary/aromatic N) is 2. The van der Waals surface area contributed by atoms with Gasteiger partial charge in [-0.2, -0.15) is 0 Å². The summed E-state index contributed by atoms with van der Waals surface area (Å²) in [6.07, 6.45) is 8.53. The fourth-order valence-electron chi connectivity index (χ4n) is 6.07. The Labute approximate surface area is 147 Å². The summed E-state index contributed by atoms with van der Waals surface area (Å²) in [4.78, 5) is 0. The molecule has 3 aliphatic carbocycles. The molecule has 1 saturated carbocycles. The van der Waals surface area contributed by atoms with Crippen molar-refractivity contribution in [1.29, 1.82) is 0 Å². The maximum atomic E-state index is 13.5. The summed E-state index contributed by atoms with van der Waals surface area (Å²) in [7, 11) is 4.28. The van der Waals surface area contributed by atoms with E-state index >= 15 is 0 Å². The Hall–Kier alpha value is -0.570. The number of rotatable bonds is 4. The monoisotopic (exact) mass is 352 g/mol. The SMILES string of the molecule is CC1=C(OP(=O)(N(C)C)N(C)C)C(C)(C)C23C=C[C@@H](C)C12CCC3. The van der Waals surface area contributed by atoms with Crippen LogP contribution in [0.15, 0.2) is 23.5 Å². The first kappa shape index (κ1) is 18.2. The van der Waals surface area contributed by atoms with E-state index in [2.05, 4.69) is 39.8 Å². The van der Waals surface area contributed by atoms with Crippen LogP contribution in [0.2, 0.25) is 0 Å². The van der Waals surface area contributed by atoms with Gasteiger partial charge in [0.15, 0.2) is 0 Å². The zero-order valence-corrected chi connectivity index (χ0v) is 17.4. The first-order valence-electron chi connectivity index (χ1n) is 9.04. The van der Waals surface area contributed by atoms with Crippen molar-refractivity contribution >= 4 is 7.67 Å². The van der Waals surface area contributed by atoms with Crippen molar-refractivity contribution < 1.29 is 9.09 Å². The van der Waals surface area contributed by atoms with Crippen molar-refractivity contribution in [1.82, 2.24) is 9.34 Å². The number of hydrogen-bond acceptors (Lipinski definition) is 2. The van der Waals surface area contributed by atoms with Crippen LogP contribution in [0.1, 0.15) is 47.0 Å². The van der Waals surface area contributed by atoms with Gasteiger partial charge in [-0.25, -0.2) is 13.9 Å². The van der Waals surface area contributed by atoms with Gasteiger partial charge in [0.1, 0.15) is 5.76 Å². The molecule has 0 spiro atoms. The van der Waals surface area contributed by atoms with E-state index in [0.29, 0.717) is 5.92 Å². The Kier molecular flexibility index (Phi) is 3.96. The van der Waals surface area contributed by atoms with Crippen LogP contribution in [0, 0.1) is 22.2 Å². The van der Waals surface area contributed by atoms with Crippen molar-refractivity contribution in [3.63, 3.8) is 0 Å². The molecule has 3 atom stereocenters. The molecule has 2 unspecified atom stereocenters. The van der Waals surface area contributed by atoms with E-state index in [1.165, 1.54) is 24.8 Å². The largest absolute Gasteiger partial charge is 0.426 e. The molecule has 136 valence electrons. The molecule has 0 aliphatic heterocycles. The highest BCUT2D eigenvalue weighted by Crippen LogP contribution is 2.79. The van der Waals surface area contributed by atoms with E-state index in [9.17, 15) is 4.57 Å². The predicted molar refractivity (Wildman–Crippen MR) is 99.6 cm³/mol. The van der Waals surface area contributed by atoms with Crippen LogP contribution in [0.3, 0.4) is 0 Å². The van der Waals surface area contributed by atoms with Crippen molar-refractivity contribution in [2.75, 3.05) is 28.2 Å². The Bertz CT molecular complexity index is 652. The van der Waals surface area contributed by atoms with E-state index in [4.69, 9.17) is 4.52 Å². The van der Waals surface area contributed by atoms with Crippen LogP contribution >= 0.6 is 7.67 Å². The second kappa shape index (κ2) is 5.22. The van der Waals surface area contributed by atoms with Crippen molar-refractivity contribution in [3.8, 4) is 0 Å². The zero-order valence-electron chi connectivity index (χ0n) is 16.5. The fraction of sp³-hybridized carbons (Fsp3) is 0.789. The molecule has 3 rings (SSSR count). The van der Waals surface area contributed by atoms with Gasteiger partial charge < -0.3 is 4.52 Å². The average molecular weight is 352 g/mol. The Balaban J connectivity index is 2.15. The summed E-state index contributed by atoms with van der Waals surface area (Å²) in [5.41, 5.74) is 1.44. The molecule has 0 saturated heterocycles. The number of hydrogen-bond donors (Lipinski definition) is 0. The molecule has 0 aromatic rings. The van der Waals surface area contributed by atoms with Gasteiger partial charge in [0.05, 0.1) is 0 Å². The lowest BCUT2D eigenvalue weighted by Gasteiger charge is -2.46. The summed E-state index contributed by atoms with van der Waals surface area (Å²) in [6.45, 7) is 9.14. The van der Waals surface area contributed by atoms with E-state index in [1.807, 2.05) is 28.2 Å². The van der Waals surface area contributed by atoms with Crippen molar-refractivity contribution in [3.05, 3.63) is 23.5 Å². The quantitative estimate of drug-likeness (QED) is 0.531. The highest BCUT2D eigenvalue weighted by Gasteiger charge is 2.71. The molecule has 1 fully saturated rings. The molecular formula is C19H33N2O2P. The average Bonchev–Trinajstić information content (AvgIpc) is 3.05. The van der Waals surface area contributed by atoms with E-state index < -0.39 is 7.67 Å². The van der Waals surface area contributed by atoms with E-state index in [0.717, 1.165) is 5.76 Å². The zero-order chi connectivity index (χ0) is 18.1. The second-order valence-electron chi connectivity index (χ2n) is 8.80. The third-order valence-electron chi connectivity index (χ3n) is 7.30. The molecule has 0 aromatic heterocycles. The summed E-state index contributed by atoms with van der Waals surface area (Å²) >= 11 is 0. The van der Waals surface area contributed by atoms with Crippen LogP contribution < -0.4 is 0 Å². The maximum absolute atomic E-state index is 13.5. The third-order valence-corrected chi connectivity index (χ3v) is 9.74. The van der Waals surface area contributed by atoms with Gasteiger partial charge in [-0.3, -0.25) is 0 Å². The second-order valence-corrected chi connectivity index (χ2v) is 11.6. The van der Waals surface area contributed by atoms with Crippen LogP contribution in [-0.4, -0.2) is 37.5 Å². The van der Waals surface area contributed by atoms with Gasteiger partial charge in [0, 0.05) is 16.2 Å². The lowest BCUT2D eigenvalue weighted by molar-refractivity contribution is 0.0553. The standard InChI is InChI=1S/C19H33N2O2P/c1-14-10-13-18-11-9-12-19(14,18)15(2)16(17(18,3)4)23-24(22,20(5)6)21(7)8/h10,13-14H,9,11-12H2,1-8H3/t14-,18?,19?/m1/s1. The maximum Gasteiger partial charge on any atom is 0.394 e. The van der Waals surface area contributed by atoms with Crippen molar-refractivity contribution in [2.45, 2.75) is 47.0 Å². The summed E-state index contributed by atoms with van der Waals surface area (Å²) in [5.74, 6) is 1.47. The molecule has 0 N–H and O–H groups in total. The van der Waals surface area contributed by atoms with Gasteiger partial charge in [-0.1, -0.05) is 39.3 Å². The summed E-state index contributed by atoms with van der Waals surface area (Å²) in [5, 5.41) is 0.